The van der Waals surface area contributed by atoms with Crippen LogP contribution in [0.4, 0.5) is 0 Å². The summed E-state index contributed by atoms with van der Waals surface area (Å²) in [5, 5.41) is 10.6. The van der Waals surface area contributed by atoms with Gasteiger partial charge in [0, 0.05) is 10.4 Å². The number of benzene rings is 1. The Morgan fingerprint density at radius 3 is 2.47 bits per heavy atom. The predicted octanol–water partition coefficient (Wildman–Crippen LogP) is 3.71. The lowest BCUT2D eigenvalue weighted by molar-refractivity contribution is -0.158. The molecular weight excluding hydrogens is 311 g/mol. The van der Waals surface area contributed by atoms with E-state index in [1.807, 2.05) is 17.5 Å². The maximum absolute atomic E-state index is 11.0. The summed E-state index contributed by atoms with van der Waals surface area (Å²) >= 11 is 13.5. The second-order valence-electron chi connectivity index (χ2n) is 3.41. The fourth-order valence-corrected chi connectivity index (χ4v) is 2.65. The normalized spacial score (nSPS) is 10.2. The number of rotatable bonds is 2. The summed E-state index contributed by atoms with van der Waals surface area (Å²) in [7, 11) is 0. The summed E-state index contributed by atoms with van der Waals surface area (Å²) in [6.45, 7) is 0. The molecule has 4 nitrogen and oxygen atoms in total. The van der Waals surface area contributed by atoms with Crippen molar-refractivity contribution in [2.75, 3.05) is 0 Å². The van der Waals surface area contributed by atoms with Gasteiger partial charge in [-0.3, -0.25) is 0 Å². The fraction of sp³-hybridized carbons (Fsp3) is 0. The van der Waals surface area contributed by atoms with Crippen LogP contribution in [-0.4, -0.2) is 17.0 Å². The highest BCUT2D eigenvalue weighted by Crippen LogP contribution is 2.40. The molecule has 1 N–H and O–H groups in total. The monoisotopic (exact) mass is 316 g/mol. The summed E-state index contributed by atoms with van der Waals surface area (Å²) in [5.41, 5.74) is 0.691. The second kappa shape index (κ2) is 5.61. The van der Waals surface area contributed by atoms with Crippen LogP contribution in [0, 0.1) is 0 Å². The highest BCUT2D eigenvalue weighted by atomic mass is 35.5. The molecule has 0 aliphatic carbocycles. The van der Waals surface area contributed by atoms with Crippen molar-refractivity contribution >= 4 is 46.5 Å². The van der Waals surface area contributed by atoms with Gasteiger partial charge in [0.1, 0.15) is 5.02 Å². The molecule has 0 spiro atoms. The van der Waals surface area contributed by atoms with E-state index in [2.05, 4.69) is 4.74 Å². The van der Waals surface area contributed by atoms with E-state index in [0.717, 1.165) is 4.88 Å². The molecule has 2 aromatic rings. The number of hydrogen-bond donors (Lipinski definition) is 1. The van der Waals surface area contributed by atoms with E-state index in [0.29, 0.717) is 5.56 Å². The Kier molecular flexibility index (Phi) is 4.09. The van der Waals surface area contributed by atoms with E-state index in [1.165, 1.54) is 17.4 Å². The number of thiophene rings is 1. The topological polar surface area (TPSA) is 63.6 Å². The third-order valence-electron chi connectivity index (χ3n) is 2.21. The lowest BCUT2D eigenvalue weighted by Crippen LogP contribution is -2.19. The molecule has 0 saturated carbocycles. The standard InChI is InChI=1S/C12H6Cl2O4S/c13-9-6(8-2-1-5-19-8)3-4-7(10(9)14)18-12(17)11(15)16/h1-5H,(H,15,16). The lowest BCUT2D eigenvalue weighted by Gasteiger charge is -2.08. The van der Waals surface area contributed by atoms with Crippen molar-refractivity contribution in [2.45, 2.75) is 0 Å². The molecule has 98 valence electrons. The average molecular weight is 317 g/mol. The Balaban J connectivity index is 2.38. The molecule has 2 rings (SSSR count). The molecule has 0 aliphatic heterocycles. The van der Waals surface area contributed by atoms with Crippen molar-refractivity contribution in [1.82, 2.24) is 0 Å². The molecule has 0 amide bonds. The number of carbonyl (C=O) groups is 2. The molecule has 0 unspecified atom stereocenters. The molecule has 0 radical (unpaired) electrons. The third-order valence-corrected chi connectivity index (χ3v) is 3.98. The van der Waals surface area contributed by atoms with Gasteiger partial charge in [-0.25, -0.2) is 9.59 Å². The second-order valence-corrected chi connectivity index (χ2v) is 5.11. The summed E-state index contributed by atoms with van der Waals surface area (Å²) in [5.74, 6) is -3.20. The van der Waals surface area contributed by atoms with Crippen LogP contribution in [0.5, 0.6) is 5.75 Å². The predicted molar refractivity (Wildman–Crippen MR) is 73.0 cm³/mol. The summed E-state index contributed by atoms with van der Waals surface area (Å²) in [6.07, 6.45) is 0. The minimum absolute atomic E-state index is 0.00201. The Morgan fingerprint density at radius 2 is 1.89 bits per heavy atom. The summed E-state index contributed by atoms with van der Waals surface area (Å²) < 4.78 is 4.61. The van der Waals surface area contributed by atoms with Crippen molar-refractivity contribution < 1.29 is 19.4 Å². The Hall–Kier alpha value is -1.56. The number of carboxylic acid groups (broad SMARTS) is 1. The summed E-state index contributed by atoms with van der Waals surface area (Å²) in [4.78, 5) is 22.3. The molecule has 1 heterocycles. The van der Waals surface area contributed by atoms with Crippen LogP contribution in [0.3, 0.4) is 0 Å². The molecule has 7 heteroatoms. The zero-order valence-corrected chi connectivity index (χ0v) is 11.6. The molecule has 1 aromatic heterocycles. The average Bonchev–Trinajstić information content (AvgIpc) is 2.88. The Labute approximate surface area is 122 Å². The van der Waals surface area contributed by atoms with Crippen molar-refractivity contribution in [3.63, 3.8) is 0 Å². The minimum atomic E-state index is -1.70. The first-order valence-electron chi connectivity index (χ1n) is 4.97. The number of aliphatic carboxylic acids is 1. The highest BCUT2D eigenvalue weighted by molar-refractivity contribution is 7.13. The highest BCUT2D eigenvalue weighted by Gasteiger charge is 2.19. The van der Waals surface area contributed by atoms with Gasteiger partial charge < -0.3 is 9.84 Å². The van der Waals surface area contributed by atoms with Crippen molar-refractivity contribution in [3.05, 3.63) is 39.7 Å². The van der Waals surface area contributed by atoms with Crippen LogP contribution >= 0.6 is 34.5 Å². The van der Waals surface area contributed by atoms with Crippen LogP contribution in [0.1, 0.15) is 0 Å². The number of halogens is 2. The van der Waals surface area contributed by atoms with Gasteiger partial charge in [0.15, 0.2) is 5.75 Å². The van der Waals surface area contributed by atoms with Crippen LogP contribution in [0.15, 0.2) is 29.6 Å². The molecule has 0 saturated heterocycles. The van der Waals surface area contributed by atoms with Crippen molar-refractivity contribution in [3.8, 4) is 16.2 Å². The van der Waals surface area contributed by atoms with Crippen molar-refractivity contribution in [2.24, 2.45) is 0 Å². The van der Waals surface area contributed by atoms with Crippen LogP contribution in [0.2, 0.25) is 10.0 Å². The molecule has 0 bridgehead atoms. The lowest BCUT2D eigenvalue weighted by atomic mass is 10.2. The van der Waals surface area contributed by atoms with Gasteiger partial charge in [0.2, 0.25) is 0 Å². The first-order valence-corrected chi connectivity index (χ1v) is 6.61. The minimum Gasteiger partial charge on any atom is -0.473 e. The van der Waals surface area contributed by atoms with Crippen LogP contribution in [0.25, 0.3) is 10.4 Å². The van der Waals surface area contributed by atoms with Crippen LogP contribution < -0.4 is 4.74 Å². The number of hydrogen-bond acceptors (Lipinski definition) is 4. The van der Waals surface area contributed by atoms with E-state index in [4.69, 9.17) is 28.3 Å². The van der Waals surface area contributed by atoms with Gasteiger partial charge in [-0.05, 0) is 23.6 Å². The number of esters is 1. The molecule has 19 heavy (non-hydrogen) atoms. The largest absolute Gasteiger partial charge is 0.473 e. The first-order chi connectivity index (χ1) is 9.00. The quantitative estimate of drug-likeness (QED) is 0.521. The van der Waals surface area contributed by atoms with Crippen LogP contribution in [-0.2, 0) is 9.59 Å². The maximum atomic E-state index is 11.0. The van der Waals surface area contributed by atoms with Gasteiger partial charge in [-0.2, -0.15) is 0 Å². The van der Waals surface area contributed by atoms with Crippen molar-refractivity contribution in [1.29, 1.82) is 0 Å². The number of carboxylic acids is 1. The van der Waals surface area contributed by atoms with E-state index in [-0.39, 0.29) is 15.8 Å². The van der Waals surface area contributed by atoms with E-state index in [1.54, 1.807) is 6.07 Å². The number of carbonyl (C=O) groups excluding carboxylic acids is 1. The molecule has 0 atom stereocenters. The van der Waals surface area contributed by atoms with E-state index >= 15 is 0 Å². The van der Waals surface area contributed by atoms with E-state index < -0.39 is 11.9 Å². The van der Waals surface area contributed by atoms with Gasteiger partial charge in [0.05, 0.1) is 5.02 Å². The molecule has 0 aliphatic rings. The smallest absolute Gasteiger partial charge is 0.422 e. The zero-order chi connectivity index (χ0) is 14.0. The Bertz CT molecular complexity index is 637. The molecular formula is C12H6Cl2O4S. The van der Waals surface area contributed by atoms with Gasteiger partial charge in [-0.1, -0.05) is 29.3 Å². The van der Waals surface area contributed by atoms with E-state index in [9.17, 15) is 9.59 Å². The first kappa shape index (κ1) is 13.9. The van der Waals surface area contributed by atoms with Gasteiger partial charge in [-0.15, -0.1) is 11.3 Å². The van der Waals surface area contributed by atoms with Gasteiger partial charge in [0.25, 0.3) is 0 Å². The SMILES string of the molecule is O=C(O)C(=O)Oc1ccc(-c2cccs2)c(Cl)c1Cl. The van der Waals surface area contributed by atoms with Gasteiger partial charge >= 0.3 is 11.9 Å². The zero-order valence-electron chi connectivity index (χ0n) is 9.22. The molecule has 0 fully saturated rings. The Morgan fingerprint density at radius 1 is 1.16 bits per heavy atom. The fourth-order valence-electron chi connectivity index (χ4n) is 1.38. The number of ether oxygens (including phenoxy) is 1. The maximum Gasteiger partial charge on any atom is 0.422 e. The third kappa shape index (κ3) is 2.89. The molecule has 1 aromatic carbocycles. The summed E-state index contributed by atoms with van der Waals surface area (Å²) in [6, 6.07) is 6.75.